The second-order valence-corrected chi connectivity index (χ2v) is 7.18. The molecule has 2 aromatic carbocycles. The van der Waals surface area contributed by atoms with Crippen LogP contribution in [0.15, 0.2) is 53.5 Å². The molecule has 0 N–H and O–H groups in total. The van der Waals surface area contributed by atoms with Crippen LogP contribution in [0.5, 0.6) is 5.75 Å². The number of para-hydroxylation sites is 1. The minimum Gasteiger partial charge on any atom is -0.494 e. The fourth-order valence-corrected chi connectivity index (χ4v) is 3.90. The molecule has 0 spiro atoms. The van der Waals surface area contributed by atoms with Gasteiger partial charge in [-0.05, 0) is 49.7 Å². The average Bonchev–Trinajstić information content (AvgIpc) is 2.96. The fourth-order valence-electron chi connectivity index (χ4n) is 2.92. The van der Waals surface area contributed by atoms with Crippen LogP contribution in [0, 0.1) is 17.0 Å². The molecule has 1 aromatic heterocycles. The molecule has 0 unspecified atom stereocenters. The minimum absolute atomic E-state index is 0.0267. The van der Waals surface area contributed by atoms with Crippen molar-refractivity contribution in [1.82, 2.24) is 4.57 Å². The number of carbonyl (C=O) groups excluding carboxylic acids is 1. The second-order valence-electron chi connectivity index (χ2n) is 6.00. The van der Waals surface area contributed by atoms with Crippen LogP contribution in [0.1, 0.15) is 22.2 Å². The minimum atomic E-state index is -0.637. The Hall–Kier alpha value is -3.26. The Labute approximate surface area is 165 Å². The largest absolute Gasteiger partial charge is 0.494 e. The molecular formula is C20H19N3O4S. The van der Waals surface area contributed by atoms with E-state index < -0.39 is 10.8 Å². The summed E-state index contributed by atoms with van der Waals surface area (Å²) in [4.78, 5) is 28.8. The first-order valence-corrected chi connectivity index (χ1v) is 9.46. The van der Waals surface area contributed by atoms with Crippen LogP contribution in [-0.4, -0.2) is 22.0 Å². The van der Waals surface area contributed by atoms with Crippen LogP contribution in [-0.2, 0) is 7.05 Å². The molecule has 0 atom stereocenters. The number of hydrogen-bond acceptors (Lipinski definition) is 5. The van der Waals surface area contributed by atoms with E-state index in [1.54, 1.807) is 6.07 Å². The lowest BCUT2D eigenvalue weighted by atomic mass is 10.1. The quantitative estimate of drug-likeness (QED) is 0.479. The highest BCUT2D eigenvalue weighted by atomic mass is 32.1. The maximum Gasteiger partial charge on any atom is 0.286 e. The van der Waals surface area contributed by atoms with E-state index in [0.717, 1.165) is 21.9 Å². The summed E-state index contributed by atoms with van der Waals surface area (Å²) in [5.41, 5.74) is 1.63. The van der Waals surface area contributed by atoms with Crippen molar-refractivity contribution in [2.24, 2.45) is 12.0 Å². The van der Waals surface area contributed by atoms with Gasteiger partial charge in [0, 0.05) is 18.0 Å². The Morgan fingerprint density at radius 1 is 1.21 bits per heavy atom. The summed E-state index contributed by atoms with van der Waals surface area (Å²) in [6, 6.07) is 13.5. The number of ether oxygens (including phenoxy) is 1. The number of aryl methyl sites for hydroxylation is 1. The molecule has 0 radical (unpaired) electrons. The van der Waals surface area contributed by atoms with E-state index in [4.69, 9.17) is 4.74 Å². The Bertz CT molecular complexity index is 1100. The molecule has 8 heteroatoms. The molecule has 0 aliphatic carbocycles. The van der Waals surface area contributed by atoms with Crippen LogP contribution in [0.2, 0.25) is 0 Å². The molecule has 7 nitrogen and oxygen atoms in total. The van der Waals surface area contributed by atoms with Crippen LogP contribution in [0.3, 0.4) is 0 Å². The molecule has 0 saturated carbocycles. The number of thiazole rings is 1. The van der Waals surface area contributed by atoms with Gasteiger partial charge in [-0.25, -0.2) is 0 Å². The van der Waals surface area contributed by atoms with Gasteiger partial charge in [-0.3, -0.25) is 14.9 Å². The summed E-state index contributed by atoms with van der Waals surface area (Å²) >= 11 is 1.36. The first-order valence-electron chi connectivity index (χ1n) is 8.64. The number of hydrogen-bond donors (Lipinski definition) is 0. The topological polar surface area (TPSA) is 86.7 Å². The van der Waals surface area contributed by atoms with Crippen molar-refractivity contribution in [2.45, 2.75) is 13.8 Å². The van der Waals surface area contributed by atoms with E-state index >= 15 is 0 Å². The molecule has 0 aliphatic heterocycles. The van der Waals surface area contributed by atoms with Crippen LogP contribution in [0.4, 0.5) is 5.69 Å². The van der Waals surface area contributed by atoms with Gasteiger partial charge < -0.3 is 9.30 Å². The molecule has 3 aromatic rings. The molecule has 0 aliphatic rings. The smallest absolute Gasteiger partial charge is 0.286 e. The highest BCUT2D eigenvalue weighted by molar-refractivity contribution is 7.09. The number of benzene rings is 2. The molecule has 28 heavy (non-hydrogen) atoms. The Balaban J connectivity index is 2.02. The van der Waals surface area contributed by atoms with Gasteiger partial charge in [-0.15, -0.1) is 11.3 Å². The number of nitro groups is 1. The third-order valence-corrected chi connectivity index (χ3v) is 5.21. The lowest BCUT2D eigenvalue weighted by Crippen LogP contribution is -2.15. The highest BCUT2D eigenvalue weighted by Gasteiger charge is 2.19. The van der Waals surface area contributed by atoms with Gasteiger partial charge in [0.05, 0.1) is 17.2 Å². The standard InChI is InChI=1S/C20H19N3O4S/c1-4-27-15-11-9-14(10-12-15)18-13(2)28-20(22(18)3)21-19(24)16-7-5-6-8-17(16)23(25)26/h5-12H,4H2,1-3H3. The van der Waals surface area contributed by atoms with Gasteiger partial charge in [0.2, 0.25) is 0 Å². The zero-order valence-electron chi connectivity index (χ0n) is 15.7. The summed E-state index contributed by atoms with van der Waals surface area (Å²) in [6.45, 7) is 4.48. The molecule has 144 valence electrons. The van der Waals surface area contributed by atoms with E-state index in [-0.39, 0.29) is 11.3 Å². The predicted molar refractivity (Wildman–Crippen MR) is 108 cm³/mol. The summed E-state index contributed by atoms with van der Waals surface area (Å²) in [7, 11) is 1.82. The third-order valence-electron chi connectivity index (χ3n) is 4.17. The maximum absolute atomic E-state index is 12.6. The van der Waals surface area contributed by atoms with Gasteiger partial charge in [0.1, 0.15) is 11.3 Å². The molecule has 0 bridgehead atoms. The fraction of sp³-hybridized carbons (Fsp3) is 0.200. The van der Waals surface area contributed by atoms with E-state index in [1.807, 2.05) is 49.7 Å². The molecule has 3 rings (SSSR count). The summed E-state index contributed by atoms with van der Waals surface area (Å²) < 4.78 is 7.29. The van der Waals surface area contributed by atoms with Gasteiger partial charge in [0.25, 0.3) is 11.6 Å². The molecular weight excluding hydrogens is 378 g/mol. The SMILES string of the molecule is CCOc1ccc(-c2c(C)sc(=NC(=O)c3ccccc3[N+](=O)[O-])n2C)cc1. The van der Waals surface area contributed by atoms with Crippen molar-refractivity contribution >= 4 is 22.9 Å². The summed E-state index contributed by atoms with van der Waals surface area (Å²) in [6.07, 6.45) is 0. The van der Waals surface area contributed by atoms with Crippen molar-refractivity contribution in [3.63, 3.8) is 0 Å². The van der Waals surface area contributed by atoms with Crippen molar-refractivity contribution in [1.29, 1.82) is 0 Å². The Morgan fingerprint density at radius 2 is 1.89 bits per heavy atom. The number of aromatic nitrogens is 1. The van der Waals surface area contributed by atoms with Crippen molar-refractivity contribution < 1.29 is 14.5 Å². The summed E-state index contributed by atoms with van der Waals surface area (Å²) in [5, 5.41) is 11.2. The molecule has 0 fully saturated rings. The van der Waals surface area contributed by atoms with E-state index in [0.29, 0.717) is 11.4 Å². The number of nitrogens with zero attached hydrogens (tertiary/aromatic N) is 3. The molecule has 1 heterocycles. The van der Waals surface area contributed by atoms with Crippen molar-refractivity contribution in [2.75, 3.05) is 6.61 Å². The Morgan fingerprint density at radius 3 is 2.54 bits per heavy atom. The Kier molecular flexibility index (Phi) is 5.70. The van der Waals surface area contributed by atoms with E-state index in [9.17, 15) is 14.9 Å². The van der Waals surface area contributed by atoms with E-state index in [2.05, 4.69) is 4.99 Å². The maximum atomic E-state index is 12.6. The van der Waals surface area contributed by atoms with Gasteiger partial charge in [0.15, 0.2) is 4.80 Å². The predicted octanol–water partition coefficient (Wildman–Crippen LogP) is 4.11. The third kappa shape index (κ3) is 3.86. The van der Waals surface area contributed by atoms with Crippen LogP contribution in [0.25, 0.3) is 11.3 Å². The molecule has 0 saturated heterocycles. The average molecular weight is 397 g/mol. The van der Waals surface area contributed by atoms with Gasteiger partial charge in [-0.2, -0.15) is 4.99 Å². The first-order chi connectivity index (χ1) is 13.4. The van der Waals surface area contributed by atoms with Gasteiger partial charge in [-0.1, -0.05) is 12.1 Å². The second kappa shape index (κ2) is 8.18. The molecule has 1 amide bonds. The first kappa shape index (κ1) is 19.5. The van der Waals surface area contributed by atoms with Crippen molar-refractivity contribution in [3.8, 4) is 17.0 Å². The number of amides is 1. The normalized spacial score (nSPS) is 11.5. The van der Waals surface area contributed by atoms with Gasteiger partial charge >= 0.3 is 0 Å². The number of nitro benzene ring substituents is 1. The number of carbonyl (C=O) groups is 1. The summed E-state index contributed by atoms with van der Waals surface area (Å²) in [5.74, 6) is 0.153. The monoisotopic (exact) mass is 397 g/mol. The van der Waals surface area contributed by atoms with Crippen molar-refractivity contribution in [3.05, 3.63) is 73.9 Å². The van der Waals surface area contributed by atoms with Crippen LogP contribution < -0.4 is 9.54 Å². The number of rotatable bonds is 5. The highest BCUT2D eigenvalue weighted by Crippen LogP contribution is 2.26. The lowest BCUT2D eigenvalue weighted by Gasteiger charge is -2.07. The van der Waals surface area contributed by atoms with E-state index in [1.165, 1.54) is 29.5 Å². The zero-order chi connectivity index (χ0) is 20.3. The van der Waals surface area contributed by atoms with Crippen LogP contribution >= 0.6 is 11.3 Å². The zero-order valence-corrected chi connectivity index (χ0v) is 16.5. The lowest BCUT2D eigenvalue weighted by molar-refractivity contribution is -0.385.